The number of carbonyl (C=O) groups is 1. The molecule has 0 aromatic heterocycles. The van der Waals surface area contributed by atoms with Crippen molar-refractivity contribution in [2.45, 2.75) is 45.7 Å². The molecule has 0 spiro atoms. The van der Waals surface area contributed by atoms with Crippen molar-refractivity contribution in [3.8, 4) is 11.5 Å². The summed E-state index contributed by atoms with van der Waals surface area (Å²) >= 11 is 0. The van der Waals surface area contributed by atoms with Crippen molar-refractivity contribution in [1.29, 1.82) is 0 Å². The highest BCUT2D eigenvalue weighted by atomic mass is 16.6. The van der Waals surface area contributed by atoms with Gasteiger partial charge >= 0.3 is 0 Å². The lowest BCUT2D eigenvalue weighted by Gasteiger charge is -2.27. The van der Waals surface area contributed by atoms with E-state index in [-0.39, 0.29) is 18.0 Å². The summed E-state index contributed by atoms with van der Waals surface area (Å²) in [5.41, 5.74) is 4.86. The van der Waals surface area contributed by atoms with Gasteiger partial charge in [-0.3, -0.25) is 9.69 Å². The molecule has 1 saturated heterocycles. The highest BCUT2D eigenvalue weighted by Gasteiger charge is 2.29. The molecule has 0 radical (unpaired) electrons. The van der Waals surface area contributed by atoms with Gasteiger partial charge in [0.15, 0.2) is 11.5 Å². The third-order valence-electron chi connectivity index (χ3n) is 6.07. The lowest BCUT2D eigenvalue weighted by molar-refractivity contribution is -0.123. The van der Waals surface area contributed by atoms with E-state index in [0.29, 0.717) is 19.8 Å². The van der Waals surface area contributed by atoms with Crippen molar-refractivity contribution in [2.75, 3.05) is 26.3 Å². The molecule has 2 aromatic rings. The molecule has 0 unspecified atom stereocenters. The number of nitrogens with one attached hydrogen (secondary N) is 1. The van der Waals surface area contributed by atoms with Gasteiger partial charge in [0, 0.05) is 6.04 Å². The summed E-state index contributed by atoms with van der Waals surface area (Å²) in [6.07, 6.45) is 2.15. The van der Waals surface area contributed by atoms with Gasteiger partial charge in [0.1, 0.15) is 13.2 Å². The molecule has 2 aliphatic heterocycles. The zero-order chi connectivity index (χ0) is 20.4. The van der Waals surface area contributed by atoms with Crippen LogP contribution < -0.4 is 14.8 Å². The Morgan fingerprint density at radius 3 is 2.69 bits per heavy atom. The van der Waals surface area contributed by atoms with E-state index in [1.54, 1.807) is 0 Å². The molecule has 0 saturated carbocycles. The number of hydrogen-bond acceptors (Lipinski definition) is 4. The van der Waals surface area contributed by atoms with E-state index in [9.17, 15) is 4.79 Å². The Morgan fingerprint density at radius 2 is 1.90 bits per heavy atom. The minimum absolute atomic E-state index is 0.00264. The average Bonchev–Trinajstić information content (AvgIpc) is 3.17. The summed E-state index contributed by atoms with van der Waals surface area (Å²) in [7, 11) is 0. The first-order valence-electron chi connectivity index (χ1n) is 10.5. The monoisotopic (exact) mass is 394 g/mol. The number of ether oxygens (including phenoxy) is 2. The second-order valence-electron chi connectivity index (χ2n) is 8.16. The first kappa shape index (κ1) is 19.8. The Balaban J connectivity index is 1.40. The van der Waals surface area contributed by atoms with Crippen LogP contribution in [0.15, 0.2) is 36.4 Å². The van der Waals surface area contributed by atoms with E-state index in [4.69, 9.17) is 9.47 Å². The van der Waals surface area contributed by atoms with Crippen LogP contribution in [-0.2, 0) is 4.79 Å². The van der Waals surface area contributed by atoms with Crippen molar-refractivity contribution in [1.82, 2.24) is 10.2 Å². The fourth-order valence-electron chi connectivity index (χ4n) is 4.25. The molecule has 0 aliphatic carbocycles. The summed E-state index contributed by atoms with van der Waals surface area (Å²) < 4.78 is 11.4. The molecule has 154 valence electrons. The van der Waals surface area contributed by atoms with Gasteiger partial charge in [-0.15, -0.1) is 0 Å². The quantitative estimate of drug-likeness (QED) is 0.830. The number of aryl methyl sites for hydroxylation is 2. The van der Waals surface area contributed by atoms with Crippen molar-refractivity contribution < 1.29 is 14.3 Å². The van der Waals surface area contributed by atoms with E-state index < -0.39 is 0 Å². The number of rotatable bonds is 5. The summed E-state index contributed by atoms with van der Waals surface area (Å²) in [5, 5.41) is 3.17. The molecule has 2 aliphatic rings. The molecule has 1 fully saturated rings. The summed E-state index contributed by atoms with van der Waals surface area (Å²) in [6.45, 7) is 8.79. The van der Waals surface area contributed by atoms with E-state index in [0.717, 1.165) is 36.4 Å². The summed E-state index contributed by atoms with van der Waals surface area (Å²) in [4.78, 5) is 15.0. The van der Waals surface area contributed by atoms with Gasteiger partial charge in [0.25, 0.3) is 0 Å². The predicted molar refractivity (Wildman–Crippen MR) is 113 cm³/mol. The third kappa shape index (κ3) is 4.40. The highest BCUT2D eigenvalue weighted by Crippen LogP contribution is 2.37. The third-order valence-corrected chi connectivity index (χ3v) is 6.07. The maximum Gasteiger partial charge on any atom is 0.234 e. The molecular weight excluding hydrogens is 364 g/mol. The van der Waals surface area contributed by atoms with Crippen molar-refractivity contribution >= 4 is 5.91 Å². The number of amides is 1. The van der Waals surface area contributed by atoms with Crippen LogP contribution in [0.3, 0.4) is 0 Å². The fraction of sp³-hybridized carbons (Fsp3) is 0.458. The molecule has 5 heteroatoms. The predicted octanol–water partition coefficient (Wildman–Crippen LogP) is 4.09. The van der Waals surface area contributed by atoms with Gasteiger partial charge < -0.3 is 14.8 Å². The fourth-order valence-corrected chi connectivity index (χ4v) is 4.25. The van der Waals surface area contributed by atoms with Crippen LogP contribution in [0.25, 0.3) is 0 Å². The summed E-state index contributed by atoms with van der Waals surface area (Å²) in [6, 6.07) is 12.8. The Hall–Kier alpha value is -2.53. The van der Waals surface area contributed by atoms with E-state index in [1.165, 1.54) is 16.7 Å². The maximum absolute atomic E-state index is 12.7. The lowest BCUT2D eigenvalue weighted by Crippen LogP contribution is -2.38. The Kier molecular flexibility index (Phi) is 5.76. The largest absolute Gasteiger partial charge is 0.486 e. The van der Waals surface area contributed by atoms with E-state index in [1.807, 2.05) is 13.0 Å². The van der Waals surface area contributed by atoms with Gasteiger partial charge in [0.2, 0.25) is 5.91 Å². The van der Waals surface area contributed by atoms with Crippen LogP contribution >= 0.6 is 0 Å². The average molecular weight is 395 g/mol. The zero-order valence-electron chi connectivity index (χ0n) is 17.5. The standard InChI is InChI=1S/C24H30N2O3/c1-16-6-7-19(13-17(16)2)18(3)25-24(27)15-26-10-4-5-21(26)20-8-9-22-23(14-20)29-12-11-28-22/h6-9,13-14,18,21H,4-5,10-12,15H2,1-3H3,(H,25,27)/t18-,21+/m1/s1. The maximum atomic E-state index is 12.7. The first-order chi connectivity index (χ1) is 14.0. The molecule has 1 N–H and O–H groups in total. The van der Waals surface area contributed by atoms with Gasteiger partial charge in [-0.2, -0.15) is 0 Å². The van der Waals surface area contributed by atoms with Crippen LogP contribution in [-0.4, -0.2) is 37.1 Å². The molecule has 2 heterocycles. The normalized spacial score (nSPS) is 19.8. The molecule has 0 bridgehead atoms. The first-order valence-corrected chi connectivity index (χ1v) is 10.5. The number of carbonyl (C=O) groups excluding carboxylic acids is 1. The van der Waals surface area contributed by atoms with Crippen molar-refractivity contribution in [2.24, 2.45) is 0 Å². The number of benzene rings is 2. The van der Waals surface area contributed by atoms with Gasteiger partial charge in [-0.1, -0.05) is 24.3 Å². The topological polar surface area (TPSA) is 50.8 Å². The second kappa shape index (κ2) is 8.46. The van der Waals surface area contributed by atoms with Gasteiger partial charge in [-0.05, 0) is 74.5 Å². The Morgan fingerprint density at radius 1 is 1.10 bits per heavy atom. The van der Waals surface area contributed by atoms with Crippen LogP contribution in [0.4, 0.5) is 0 Å². The molecule has 4 rings (SSSR count). The molecule has 29 heavy (non-hydrogen) atoms. The van der Waals surface area contributed by atoms with Crippen LogP contribution in [0, 0.1) is 13.8 Å². The van der Waals surface area contributed by atoms with Crippen LogP contribution in [0.5, 0.6) is 11.5 Å². The Labute approximate surface area is 173 Å². The molecular formula is C24H30N2O3. The number of fused-ring (bicyclic) bond motifs is 1. The summed E-state index contributed by atoms with van der Waals surface area (Å²) in [5.74, 6) is 1.69. The van der Waals surface area contributed by atoms with Gasteiger partial charge in [0.05, 0.1) is 12.6 Å². The Bertz CT molecular complexity index is 896. The smallest absolute Gasteiger partial charge is 0.234 e. The second-order valence-corrected chi connectivity index (χ2v) is 8.16. The SMILES string of the molecule is Cc1ccc([C@@H](C)NC(=O)CN2CCC[C@H]2c2ccc3c(c2)OCCO3)cc1C. The molecule has 2 aromatic carbocycles. The van der Waals surface area contributed by atoms with Crippen molar-refractivity contribution in [3.63, 3.8) is 0 Å². The minimum Gasteiger partial charge on any atom is -0.486 e. The van der Waals surface area contributed by atoms with Crippen LogP contribution in [0.1, 0.15) is 54.1 Å². The molecule has 1 amide bonds. The van der Waals surface area contributed by atoms with Crippen LogP contribution in [0.2, 0.25) is 0 Å². The molecule has 5 nitrogen and oxygen atoms in total. The zero-order valence-corrected chi connectivity index (χ0v) is 17.5. The van der Waals surface area contributed by atoms with E-state index in [2.05, 4.69) is 54.4 Å². The number of likely N-dealkylation sites (tertiary alicyclic amines) is 1. The number of hydrogen-bond donors (Lipinski definition) is 1. The van der Waals surface area contributed by atoms with E-state index >= 15 is 0 Å². The van der Waals surface area contributed by atoms with Crippen molar-refractivity contribution in [3.05, 3.63) is 58.7 Å². The highest BCUT2D eigenvalue weighted by molar-refractivity contribution is 5.78. The minimum atomic E-state index is -0.00264. The lowest BCUT2D eigenvalue weighted by atomic mass is 10.0. The number of nitrogens with zero attached hydrogens (tertiary/aromatic N) is 1. The molecule has 2 atom stereocenters. The van der Waals surface area contributed by atoms with Gasteiger partial charge in [-0.25, -0.2) is 0 Å².